The molecule has 0 bridgehead atoms. The summed E-state index contributed by atoms with van der Waals surface area (Å²) in [4.78, 5) is 21.0. The molecule has 1 fully saturated rings. The van der Waals surface area contributed by atoms with E-state index in [9.17, 15) is 9.59 Å². The quantitative estimate of drug-likeness (QED) is 0.630. The number of hydrogen-bond donors (Lipinski definition) is 2. The van der Waals surface area contributed by atoms with Gasteiger partial charge < -0.3 is 20.2 Å². The van der Waals surface area contributed by atoms with Gasteiger partial charge in [-0.1, -0.05) is 0 Å². The molecule has 0 aromatic heterocycles. The van der Waals surface area contributed by atoms with Gasteiger partial charge in [-0.25, -0.2) is 4.79 Å². The van der Waals surface area contributed by atoms with Crippen molar-refractivity contribution in [1.29, 1.82) is 0 Å². The molecule has 0 saturated carbocycles. The lowest BCUT2D eigenvalue weighted by molar-refractivity contribution is -0.107. The fourth-order valence-corrected chi connectivity index (χ4v) is 1.37. The van der Waals surface area contributed by atoms with Crippen LogP contribution in [0.15, 0.2) is 0 Å². The predicted octanol–water partition coefficient (Wildman–Crippen LogP) is 0.0536. The first-order chi connectivity index (χ1) is 6.83. The van der Waals surface area contributed by atoms with Crippen LogP contribution in [-0.2, 0) is 9.53 Å². The van der Waals surface area contributed by atoms with Crippen LogP contribution in [0.2, 0.25) is 0 Å². The van der Waals surface area contributed by atoms with Gasteiger partial charge in [0, 0.05) is 13.2 Å². The standard InChI is InChI=1S/C9H16N2O3/c12-5-4-10-9(13)11-7-8-3-1-2-6-14-8/h5,8H,1-4,6-7H2,(H2,10,11,13). The Morgan fingerprint density at radius 3 is 2.93 bits per heavy atom. The van der Waals surface area contributed by atoms with Crippen molar-refractivity contribution >= 4 is 12.3 Å². The third-order valence-corrected chi connectivity index (χ3v) is 2.11. The van der Waals surface area contributed by atoms with E-state index in [0.717, 1.165) is 25.9 Å². The van der Waals surface area contributed by atoms with Gasteiger partial charge in [0.05, 0.1) is 12.6 Å². The van der Waals surface area contributed by atoms with Gasteiger partial charge in [0.2, 0.25) is 0 Å². The van der Waals surface area contributed by atoms with E-state index < -0.39 is 0 Å². The van der Waals surface area contributed by atoms with Crippen LogP contribution in [0.5, 0.6) is 0 Å². The molecule has 80 valence electrons. The maximum atomic E-state index is 11.0. The Labute approximate surface area is 83.2 Å². The molecule has 2 amide bonds. The van der Waals surface area contributed by atoms with Gasteiger partial charge in [0.1, 0.15) is 6.29 Å². The molecule has 5 heteroatoms. The predicted molar refractivity (Wildman–Crippen MR) is 51.1 cm³/mol. The Balaban J connectivity index is 2.06. The third-order valence-electron chi connectivity index (χ3n) is 2.11. The Bertz CT molecular complexity index is 190. The molecule has 1 aliphatic heterocycles. The van der Waals surface area contributed by atoms with Crippen molar-refractivity contribution in [3.8, 4) is 0 Å². The first-order valence-electron chi connectivity index (χ1n) is 4.90. The zero-order valence-corrected chi connectivity index (χ0v) is 8.12. The van der Waals surface area contributed by atoms with Crippen molar-refractivity contribution in [3.63, 3.8) is 0 Å². The van der Waals surface area contributed by atoms with E-state index in [1.807, 2.05) is 0 Å². The van der Waals surface area contributed by atoms with Crippen molar-refractivity contribution in [2.75, 3.05) is 19.7 Å². The molecule has 0 spiro atoms. The Hall–Kier alpha value is -1.10. The summed E-state index contributed by atoms with van der Waals surface area (Å²) in [6, 6.07) is -0.314. The molecular weight excluding hydrogens is 184 g/mol. The highest BCUT2D eigenvalue weighted by molar-refractivity contribution is 5.76. The average molecular weight is 200 g/mol. The second-order valence-electron chi connectivity index (χ2n) is 3.25. The molecule has 0 aromatic carbocycles. The number of carbonyl (C=O) groups excluding carboxylic acids is 2. The highest BCUT2D eigenvalue weighted by Gasteiger charge is 2.14. The van der Waals surface area contributed by atoms with Crippen LogP contribution in [-0.4, -0.2) is 38.1 Å². The number of rotatable bonds is 4. The van der Waals surface area contributed by atoms with Gasteiger partial charge in [-0.3, -0.25) is 0 Å². The molecule has 2 N–H and O–H groups in total. The molecule has 1 aliphatic rings. The van der Waals surface area contributed by atoms with Crippen molar-refractivity contribution in [1.82, 2.24) is 10.6 Å². The van der Waals surface area contributed by atoms with Crippen LogP contribution in [0.1, 0.15) is 19.3 Å². The monoisotopic (exact) mass is 200 g/mol. The highest BCUT2D eigenvalue weighted by Crippen LogP contribution is 2.11. The summed E-state index contributed by atoms with van der Waals surface area (Å²) in [7, 11) is 0. The molecule has 1 heterocycles. The van der Waals surface area contributed by atoms with Gasteiger partial charge in [0.15, 0.2) is 0 Å². The lowest BCUT2D eigenvalue weighted by Crippen LogP contribution is -2.41. The van der Waals surface area contributed by atoms with Gasteiger partial charge in [0.25, 0.3) is 0 Å². The minimum Gasteiger partial charge on any atom is -0.376 e. The number of nitrogens with one attached hydrogen (secondary N) is 2. The molecule has 14 heavy (non-hydrogen) atoms. The fourth-order valence-electron chi connectivity index (χ4n) is 1.37. The summed E-state index contributed by atoms with van der Waals surface area (Å²) < 4.78 is 5.42. The van der Waals surface area contributed by atoms with E-state index in [1.165, 1.54) is 0 Å². The van der Waals surface area contributed by atoms with Gasteiger partial charge in [-0.2, -0.15) is 0 Å². The number of urea groups is 1. The van der Waals surface area contributed by atoms with Crippen molar-refractivity contribution in [3.05, 3.63) is 0 Å². The second-order valence-corrected chi connectivity index (χ2v) is 3.25. The summed E-state index contributed by atoms with van der Waals surface area (Å²) in [5.74, 6) is 0. The number of aldehydes is 1. The second kappa shape index (κ2) is 6.37. The van der Waals surface area contributed by atoms with Crippen LogP contribution >= 0.6 is 0 Å². The minimum atomic E-state index is -0.314. The topological polar surface area (TPSA) is 67.4 Å². The van der Waals surface area contributed by atoms with Crippen molar-refractivity contribution in [2.24, 2.45) is 0 Å². The van der Waals surface area contributed by atoms with Crippen LogP contribution in [0, 0.1) is 0 Å². The summed E-state index contributed by atoms with van der Waals surface area (Å²) in [6.07, 6.45) is 4.03. The maximum absolute atomic E-state index is 11.0. The van der Waals surface area contributed by atoms with E-state index >= 15 is 0 Å². The molecule has 1 unspecified atom stereocenters. The molecule has 1 saturated heterocycles. The number of hydrogen-bond acceptors (Lipinski definition) is 3. The smallest absolute Gasteiger partial charge is 0.315 e. The van der Waals surface area contributed by atoms with Crippen molar-refractivity contribution in [2.45, 2.75) is 25.4 Å². The number of ether oxygens (including phenoxy) is 1. The normalized spacial score (nSPS) is 21.3. The molecule has 5 nitrogen and oxygen atoms in total. The lowest BCUT2D eigenvalue weighted by Gasteiger charge is -2.22. The SMILES string of the molecule is O=CCNC(=O)NCC1CCCCO1. The van der Waals surface area contributed by atoms with Crippen LogP contribution < -0.4 is 10.6 Å². The van der Waals surface area contributed by atoms with Gasteiger partial charge >= 0.3 is 6.03 Å². The molecule has 0 aliphatic carbocycles. The Kier molecular flexibility index (Phi) is 4.99. The summed E-state index contributed by atoms with van der Waals surface area (Å²) in [5, 5.41) is 5.05. The maximum Gasteiger partial charge on any atom is 0.315 e. The summed E-state index contributed by atoms with van der Waals surface area (Å²) >= 11 is 0. The minimum absolute atomic E-state index is 0.0529. The zero-order valence-electron chi connectivity index (χ0n) is 8.12. The molecule has 0 aromatic rings. The van der Waals surface area contributed by atoms with Crippen LogP contribution in [0.3, 0.4) is 0 Å². The third kappa shape index (κ3) is 4.23. The van der Waals surface area contributed by atoms with E-state index in [4.69, 9.17) is 4.74 Å². The Morgan fingerprint density at radius 2 is 2.29 bits per heavy atom. The highest BCUT2D eigenvalue weighted by atomic mass is 16.5. The Morgan fingerprint density at radius 1 is 1.43 bits per heavy atom. The van der Waals surface area contributed by atoms with E-state index in [2.05, 4.69) is 10.6 Å². The molecular formula is C9H16N2O3. The molecule has 1 rings (SSSR count). The van der Waals surface area contributed by atoms with Crippen molar-refractivity contribution < 1.29 is 14.3 Å². The molecule has 0 radical (unpaired) electrons. The van der Waals surface area contributed by atoms with Crippen LogP contribution in [0.4, 0.5) is 4.79 Å². The van der Waals surface area contributed by atoms with E-state index in [-0.39, 0.29) is 18.7 Å². The largest absolute Gasteiger partial charge is 0.376 e. The average Bonchev–Trinajstić information content (AvgIpc) is 2.25. The van der Waals surface area contributed by atoms with E-state index in [1.54, 1.807) is 0 Å². The van der Waals surface area contributed by atoms with Gasteiger partial charge in [-0.05, 0) is 19.3 Å². The number of carbonyl (C=O) groups is 2. The first kappa shape index (κ1) is 11.0. The fraction of sp³-hybridized carbons (Fsp3) is 0.778. The van der Waals surface area contributed by atoms with Crippen LogP contribution in [0.25, 0.3) is 0 Å². The number of amides is 2. The van der Waals surface area contributed by atoms with Gasteiger partial charge in [-0.15, -0.1) is 0 Å². The lowest BCUT2D eigenvalue weighted by atomic mass is 10.1. The summed E-state index contributed by atoms with van der Waals surface area (Å²) in [5.41, 5.74) is 0. The van der Waals surface area contributed by atoms with E-state index in [0.29, 0.717) is 12.8 Å². The molecule has 1 atom stereocenters. The zero-order chi connectivity index (χ0) is 10.2. The summed E-state index contributed by atoms with van der Waals surface area (Å²) in [6.45, 7) is 1.35. The first-order valence-corrected chi connectivity index (χ1v) is 4.90.